The first kappa shape index (κ1) is 18.8. The van der Waals surface area contributed by atoms with Crippen LogP contribution in [0.1, 0.15) is 11.1 Å². The second-order valence-electron chi connectivity index (χ2n) is 5.37. The summed E-state index contributed by atoms with van der Waals surface area (Å²) in [5, 5.41) is 12.0. The van der Waals surface area contributed by atoms with Crippen molar-refractivity contribution in [2.24, 2.45) is 0 Å². The monoisotopic (exact) mass is 348 g/mol. The molecule has 0 fully saturated rings. The summed E-state index contributed by atoms with van der Waals surface area (Å²) < 4.78 is 10.5. The molecule has 0 radical (unpaired) electrons. The van der Waals surface area contributed by atoms with Crippen LogP contribution in [0.25, 0.3) is 6.08 Å². The van der Waals surface area contributed by atoms with Gasteiger partial charge in [-0.25, -0.2) is 0 Å². The maximum atomic E-state index is 12.2. The Labute approximate surface area is 153 Å². The molecule has 2 rings (SSSR count). The number of carbonyl (C=O) groups excluding carboxylic acids is 1. The van der Waals surface area contributed by atoms with Crippen LogP contribution in [0.4, 0.5) is 0 Å². The molecule has 0 spiro atoms. The Bertz CT molecular complexity index is 816. The zero-order valence-corrected chi connectivity index (χ0v) is 14.6. The van der Waals surface area contributed by atoms with E-state index in [9.17, 15) is 10.1 Å². The fourth-order valence-electron chi connectivity index (χ4n) is 2.15. The van der Waals surface area contributed by atoms with Gasteiger partial charge in [-0.3, -0.25) is 4.79 Å². The topological polar surface area (TPSA) is 71.3 Å². The molecule has 1 amide bonds. The third-order valence-corrected chi connectivity index (χ3v) is 3.54. The number of hydrogen-bond acceptors (Lipinski definition) is 4. The number of rotatable bonds is 8. The number of amides is 1. The van der Waals surface area contributed by atoms with Gasteiger partial charge in [0.25, 0.3) is 5.91 Å². The van der Waals surface area contributed by atoms with Gasteiger partial charge in [0.1, 0.15) is 29.7 Å². The van der Waals surface area contributed by atoms with Crippen LogP contribution in [0.2, 0.25) is 0 Å². The van der Waals surface area contributed by atoms with Gasteiger partial charge in [0.2, 0.25) is 0 Å². The van der Waals surface area contributed by atoms with Crippen LogP contribution in [0.15, 0.2) is 66.8 Å². The summed E-state index contributed by atoms with van der Waals surface area (Å²) in [4.78, 5) is 12.2. The first-order valence-electron chi connectivity index (χ1n) is 8.03. The summed E-state index contributed by atoms with van der Waals surface area (Å²) in [5.41, 5.74) is 1.70. The zero-order chi connectivity index (χ0) is 18.8. The molecule has 1 N–H and O–H groups in total. The van der Waals surface area contributed by atoms with Crippen molar-refractivity contribution in [2.75, 3.05) is 13.7 Å². The molecule has 0 atom stereocenters. The molecule has 0 saturated heterocycles. The third kappa shape index (κ3) is 5.53. The minimum atomic E-state index is -0.421. The molecule has 0 aliphatic heterocycles. The number of ether oxygens (including phenoxy) is 2. The molecule has 5 nitrogen and oxygen atoms in total. The summed E-state index contributed by atoms with van der Waals surface area (Å²) in [6.45, 7) is 4.34. The van der Waals surface area contributed by atoms with E-state index in [2.05, 4.69) is 11.9 Å². The number of nitrogens with zero attached hydrogens (tertiary/aromatic N) is 1. The fourth-order valence-corrected chi connectivity index (χ4v) is 2.15. The van der Waals surface area contributed by atoms with Gasteiger partial charge in [0.05, 0.1) is 7.11 Å². The Balaban J connectivity index is 1.99. The smallest absolute Gasteiger partial charge is 0.262 e. The predicted molar refractivity (Wildman–Crippen MR) is 101 cm³/mol. The number of carbonyl (C=O) groups is 1. The van der Waals surface area contributed by atoms with E-state index in [0.29, 0.717) is 18.9 Å². The van der Waals surface area contributed by atoms with Gasteiger partial charge >= 0.3 is 0 Å². The number of nitrogens with one attached hydrogen (secondary N) is 1. The van der Waals surface area contributed by atoms with E-state index in [1.54, 1.807) is 43.5 Å². The van der Waals surface area contributed by atoms with Crippen LogP contribution in [-0.2, 0) is 11.3 Å². The molecule has 2 aromatic rings. The summed E-state index contributed by atoms with van der Waals surface area (Å²) >= 11 is 0. The highest BCUT2D eigenvalue weighted by Gasteiger charge is 2.09. The molecule has 26 heavy (non-hydrogen) atoms. The number of benzene rings is 2. The predicted octanol–water partition coefficient (Wildman–Crippen LogP) is 3.48. The van der Waals surface area contributed by atoms with E-state index >= 15 is 0 Å². The van der Waals surface area contributed by atoms with Crippen LogP contribution < -0.4 is 14.8 Å². The highest BCUT2D eigenvalue weighted by molar-refractivity contribution is 6.01. The molecular formula is C21H20N2O3. The van der Waals surface area contributed by atoms with Crippen molar-refractivity contribution >= 4 is 12.0 Å². The second-order valence-corrected chi connectivity index (χ2v) is 5.37. The molecular weight excluding hydrogens is 328 g/mol. The van der Waals surface area contributed by atoms with Crippen molar-refractivity contribution in [3.63, 3.8) is 0 Å². The lowest BCUT2D eigenvalue weighted by atomic mass is 10.1. The highest BCUT2D eigenvalue weighted by atomic mass is 16.5. The Morgan fingerprint density at radius 1 is 1.15 bits per heavy atom. The molecule has 0 aromatic heterocycles. The Morgan fingerprint density at radius 3 is 2.38 bits per heavy atom. The van der Waals surface area contributed by atoms with Crippen molar-refractivity contribution in [1.82, 2.24) is 5.32 Å². The van der Waals surface area contributed by atoms with E-state index in [-0.39, 0.29) is 5.57 Å². The van der Waals surface area contributed by atoms with Crippen molar-refractivity contribution in [1.29, 1.82) is 5.26 Å². The molecule has 0 unspecified atom stereocenters. The molecule has 0 aliphatic carbocycles. The van der Waals surface area contributed by atoms with E-state index in [4.69, 9.17) is 9.47 Å². The van der Waals surface area contributed by atoms with E-state index in [0.717, 1.165) is 16.9 Å². The lowest BCUT2D eigenvalue weighted by Crippen LogP contribution is -2.23. The minimum Gasteiger partial charge on any atom is -0.497 e. The maximum absolute atomic E-state index is 12.2. The number of hydrogen-bond donors (Lipinski definition) is 1. The lowest BCUT2D eigenvalue weighted by Gasteiger charge is -2.06. The third-order valence-electron chi connectivity index (χ3n) is 3.54. The summed E-state index contributed by atoms with van der Waals surface area (Å²) in [6.07, 6.45) is 3.20. The Hall–Kier alpha value is -3.52. The van der Waals surface area contributed by atoms with Gasteiger partial charge in [-0.05, 0) is 41.5 Å². The van der Waals surface area contributed by atoms with E-state index in [1.165, 1.54) is 0 Å². The number of methoxy groups -OCH3 is 1. The van der Waals surface area contributed by atoms with Crippen molar-refractivity contribution in [3.05, 3.63) is 77.9 Å². The first-order valence-corrected chi connectivity index (χ1v) is 8.03. The standard InChI is InChI=1S/C21H20N2O3/c1-3-12-26-20-10-4-16(5-11-20)13-18(14-22)21(24)23-15-17-6-8-19(25-2)9-7-17/h3-11,13H,1,12,15H2,2H3,(H,23,24)/b18-13-. The van der Waals surface area contributed by atoms with Gasteiger partial charge in [-0.1, -0.05) is 36.9 Å². The fraction of sp³-hybridized carbons (Fsp3) is 0.143. The Morgan fingerprint density at radius 2 is 1.81 bits per heavy atom. The van der Waals surface area contributed by atoms with Gasteiger partial charge in [-0.15, -0.1) is 0 Å². The molecule has 132 valence electrons. The Kier molecular flexibility index (Phi) is 7.02. The van der Waals surface area contributed by atoms with E-state index < -0.39 is 5.91 Å². The molecule has 0 heterocycles. The maximum Gasteiger partial charge on any atom is 0.262 e. The SMILES string of the molecule is C=CCOc1ccc(/C=C(/C#N)C(=O)NCc2ccc(OC)cc2)cc1. The molecule has 0 aliphatic rings. The summed E-state index contributed by atoms with van der Waals surface area (Å²) in [5.74, 6) is 1.03. The van der Waals surface area contributed by atoms with Gasteiger partial charge < -0.3 is 14.8 Å². The van der Waals surface area contributed by atoms with Crippen LogP contribution in [0.3, 0.4) is 0 Å². The minimum absolute atomic E-state index is 0.0401. The van der Waals surface area contributed by atoms with Gasteiger partial charge in [-0.2, -0.15) is 5.26 Å². The van der Waals surface area contributed by atoms with Crippen LogP contribution >= 0.6 is 0 Å². The average molecular weight is 348 g/mol. The van der Waals surface area contributed by atoms with Crippen molar-refractivity contribution in [2.45, 2.75) is 6.54 Å². The van der Waals surface area contributed by atoms with Crippen LogP contribution in [0.5, 0.6) is 11.5 Å². The zero-order valence-electron chi connectivity index (χ0n) is 14.6. The first-order chi connectivity index (χ1) is 12.7. The van der Waals surface area contributed by atoms with Gasteiger partial charge in [0.15, 0.2) is 0 Å². The van der Waals surface area contributed by atoms with Crippen LogP contribution in [0, 0.1) is 11.3 Å². The lowest BCUT2D eigenvalue weighted by molar-refractivity contribution is -0.117. The molecule has 2 aromatic carbocycles. The highest BCUT2D eigenvalue weighted by Crippen LogP contribution is 2.15. The van der Waals surface area contributed by atoms with Crippen LogP contribution in [-0.4, -0.2) is 19.6 Å². The average Bonchev–Trinajstić information content (AvgIpc) is 2.69. The molecule has 0 saturated carbocycles. The molecule has 5 heteroatoms. The summed E-state index contributed by atoms with van der Waals surface area (Å²) in [7, 11) is 1.60. The van der Waals surface area contributed by atoms with Crippen molar-refractivity contribution < 1.29 is 14.3 Å². The normalized spacial score (nSPS) is 10.5. The summed E-state index contributed by atoms with van der Waals surface area (Å²) in [6, 6.07) is 16.4. The van der Waals surface area contributed by atoms with Gasteiger partial charge in [0, 0.05) is 6.54 Å². The van der Waals surface area contributed by atoms with Crippen molar-refractivity contribution in [3.8, 4) is 17.6 Å². The second kappa shape index (κ2) is 9.70. The van der Waals surface area contributed by atoms with E-state index in [1.807, 2.05) is 30.3 Å². The molecule has 0 bridgehead atoms. The largest absolute Gasteiger partial charge is 0.497 e. The quantitative estimate of drug-likeness (QED) is 0.450. The number of nitriles is 1.